The highest BCUT2D eigenvalue weighted by Gasteiger charge is 2.10. The molecule has 1 rings (SSSR count). The van der Waals surface area contributed by atoms with E-state index < -0.39 is 0 Å². The van der Waals surface area contributed by atoms with Gasteiger partial charge in [0.25, 0.3) is 0 Å². The maximum Gasteiger partial charge on any atom is 0.152 e. The van der Waals surface area contributed by atoms with Crippen molar-refractivity contribution in [2.45, 2.75) is 0 Å². The van der Waals surface area contributed by atoms with Gasteiger partial charge in [-0.25, -0.2) is 0 Å². The number of carbonyl (C=O) groups is 1. The van der Waals surface area contributed by atoms with Crippen LogP contribution < -0.4 is 0 Å². The molecule has 0 aliphatic rings. The molecule has 0 aliphatic heterocycles. The summed E-state index contributed by atoms with van der Waals surface area (Å²) in [6, 6.07) is 5.15. The number of hydrogen-bond acceptors (Lipinski definition) is 2. The topological polar surface area (TPSA) is 20.3 Å². The number of halogens is 2. The molecule has 1 aromatic rings. The molecule has 0 heterocycles. The number of benzene rings is 1. The van der Waals surface area contributed by atoms with E-state index in [1.54, 1.807) is 29.3 Å². The lowest BCUT2D eigenvalue weighted by molar-refractivity contribution is -0.103. The Labute approximate surface area is 99.1 Å². The van der Waals surface area contributed by atoms with Crippen molar-refractivity contribution in [2.24, 2.45) is 0 Å². The zero-order chi connectivity index (χ0) is 11.4. The fourth-order valence-electron chi connectivity index (χ4n) is 1.21. The van der Waals surface area contributed by atoms with Crippen LogP contribution >= 0.6 is 23.2 Å². The van der Waals surface area contributed by atoms with E-state index in [9.17, 15) is 4.79 Å². The maximum atomic E-state index is 10.9. The lowest BCUT2D eigenvalue weighted by Gasteiger charge is -2.10. The summed E-state index contributed by atoms with van der Waals surface area (Å²) in [6.45, 7) is 0. The van der Waals surface area contributed by atoms with Crippen LogP contribution in [0.15, 0.2) is 24.4 Å². The van der Waals surface area contributed by atoms with Gasteiger partial charge in [0.2, 0.25) is 0 Å². The van der Waals surface area contributed by atoms with Gasteiger partial charge in [-0.2, -0.15) is 0 Å². The first-order valence-corrected chi connectivity index (χ1v) is 5.09. The minimum absolute atomic E-state index is 0.468. The first-order chi connectivity index (χ1) is 7.06. The molecule has 0 saturated carbocycles. The number of nitrogens with zero attached hydrogens (tertiary/aromatic N) is 1. The Morgan fingerprint density at radius 1 is 1.27 bits per heavy atom. The van der Waals surface area contributed by atoms with Crippen LogP contribution in [0, 0.1) is 0 Å². The van der Waals surface area contributed by atoms with Gasteiger partial charge in [-0.3, -0.25) is 4.79 Å². The van der Waals surface area contributed by atoms with Crippen LogP contribution in [0.3, 0.4) is 0 Å². The molecule has 0 aromatic heterocycles. The van der Waals surface area contributed by atoms with Gasteiger partial charge < -0.3 is 4.90 Å². The lowest BCUT2D eigenvalue weighted by atomic mass is 10.1. The molecule has 0 N–H and O–H groups in total. The molecule has 0 atom stereocenters. The van der Waals surface area contributed by atoms with Gasteiger partial charge in [-0.15, -0.1) is 0 Å². The molecule has 0 amide bonds. The Morgan fingerprint density at radius 2 is 1.80 bits per heavy atom. The van der Waals surface area contributed by atoms with Crippen molar-refractivity contribution >= 4 is 35.1 Å². The summed E-state index contributed by atoms with van der Waals surface area (Å²) in [5, 5.41) is 0.949. The van der Waals surface area contributed by atoms with Crippen LogP contribution in [0.5, 0.6) is 0 Å². The number of hydrogen-bond donors (Lipinski definition) is 0. The highest BCUT2D eigenvalue weighted by Crippen LogP contribution is 2.29. The molecule has 0 radical (unpaired) electrons. The average molecular weight is 244 g/mol. The van der Waals surface area contributed by atoms with Crippen LogP contribution in [-0.4, -0.2) is 25.3 Å². The second kappa shape index (κ2) is 5.19. The van der Waals surface area contributed by atoms with Crippen LogP contribution in [0.25, 0.3) is 5.57 Å². The predicted octanol–water partition coefficient (Wildman–Crippen LogP) is 3.09. The molecule has 0 aliphatic carbocycles. The highest BCUT2D eigenvalue weighted by atomic mass is 35.5. The Kier molecular flexibility index (Phi) is 4.18. The lowest BCUT2D eigenvalue weighted by Crippen LogP contribution is -2.03. The summed E-state index contributed by atoms with van der Waals surface area (Å²) in [6.07, 6.45) is 2.42. The Hall–Kier alpha value is -0.990. The largest absolute Gasteiger partial charge is 0.383 e. The summed E-state index contributed by atoms with van der Waals surface area (Å²) < 4.78 is 0. The van der Waals surface area contributed by atoms with E-state index in [-0.39, 0.29) is 0 Å². The zero-order valence-corrected chi connectivity index (χ0v) is 10.0. The number of allylic oxidation sites excluding steroid dienone is 1. The Balaban J connectivity index is 3.30. The predicted molar refractivity (Wildman–Crippen MR) is 64.2 cm³/mol. The molecule has 0 saturated heterocycles. The number of rotatable bonds is 3. The van der Waals surface area contributed by atoms with Crippen LogP contribution in [0.2, 0.25) is 10.0 Å². The van der Waals surface area contributed by atoms with E-state index >= 15 is 0 Å². The normalized spacial score (nSPS) is 11.3. The standard InChI is InChI=1S/C11H11Cl2NO/c1-14(2)6-8(7-15)11-9(12)4-3-5-10(11)13/h3-7H,1-2H3/b8-6-. The van der Waals surface area contributed by atoms with Crippen LogP contribution in [-0.2, 0) is 4.79 Å². The summed E-state index contributed by atoms with van der Waals surface area (Å²) >= 11 is 12.0. The quantitative estimate of drug-likeness (QED) is 0.601. The van der Waals surface area contributed by atoms with E-state index in [0.29, 0.717) is 21.2 Å². The molecule has 2 nitrogen and oxygen atoms in total. The molecule has 4 heteroatoms. The Bertz CT molecular complexity index is 379. The third-order valence-corrected chi connectivity index (χ3v) is 2.41. The zero-order valence-electron chi connectivity index (χ0n) is 8.50. The van der Waals surface area contributed by atoms with Gasteiger partial charge in [0.15, 0.2) is 6.29 Å². The van der Waals surface area contributed by atoms with Crippen molar-refractivity contribution in [1.29, 1.82) is 0 Å². The summed E-state index contributed by atoms with van der Waals surface area (Å²) in [7, 11) is 3.66. The second-order valence-corrected chi connectivity index (χ2v) is 4.08. The molecular weight excluding hydrogens is 233 g/mol. The van der Waals surface area contributed by atoms with E-state index in [2.05, 4.69) is 0 Å². The third-order valence-electron chi connectivity index (χ3n) is 1.78. The minimum Gasteiger partial charge on any atom is -0.383 e. The second-order valence-electron chi connectivity index (χ2n) is 3.26. The summed E-state index contributed by atoms with van der Waals surface area (Å²) in [5.41, 5.74) is 1.04. The molecule has 0 unspecified atom stereocenters. The summed E-state index contributed by atoms with van der Waals surface area (Å²) in [4.78, 5) is 12.7. The van der Waals surface area contributed by atoms with Gasteiger partial charge in [0.05, 0.1) is 10.0 Å². The van der Waals surface area contributed by atoms with Crippen LogP contribution in [0.4, 0.5) is 0 Å². The molecule has 0 bridgehead atoms. The molecule has 0 fully saturated rings. The minimum atomic E-state index is 0.468. The van der Waals surface area contributed by atoms with Crippen molar-refractivity contribution in [3.63, 3.8) is 0 Å². The monoisotopic (exact) mass is 243 g/mol. The average Bonchev–Trinajstić information content (AvgIpc) is 2.15. The number of aldehydes is 1. The fraction of sp³-hybridized carbons (Fsp3) is 0.182. The van der Waals surface area contributed by atoms with Gasteiger partial charge in [0.1, 0.15) is 0 Å². The van der Waals surface area contributed by atoms with Gasteiger partial charge in [-0.1, -0.05) is 29.3 Å². The molecule has 1 aromatic carbocycles. The van der Waals surface area contributed by atoms with E-state index in [4.69, 9.17) is 23.2 Å². The molecule has 0 spiro atoms. The fourth-order valence-corrected chi connectivity index (χ4v) is 1.82. The van der Waals surface area contributed by atoms with E-state index in [1.165, 1.54) is 0 Å². The van der Waals surface area contributed by atoms with E-state index in [0.717, 1.165) is 6.29 Å². The van der Waals surface area contributed by atoms with E-state index in [1.807, 2.05) is 14.1 Å². The Morgan fingerprint density at radius 3 is 2.20 bits per heavy atom. The van der Waals surface area contributed by atoms with Crippen molar-refractivity contribution in [2.75, 3.05) is 14.1 Å². The first kappa shape index (κ1) is 12.1. The van der Waals surface area contributed by atoms with Crippen molar-refractivity contribution in [1.82, 2.24) is 4.90 Å². The van der Waals surface area contributed by atoms with Gasteiger partial charge in [0, 0.05) is 31.4 Å². The van der Waals surface area contributed by atoms with Gasteiger partial charge in [-0.05, 0) is 12.1 Å². The summed E-state index contributed by atoms with van der Waals surface area (Å²) in [5.74, 6) is 0. The first-order valence-electron chi connectivity index (χ1n) is 4.34. The molecular formula is C11H11Cl2NO. The SMILES string of the molecule is CN(C)/C=C(/C=O)c1c(Cl)cccc1Cl. The highest BCUT2D eigenvalue weighted by molar-refractivity contribution is 6.39. The van der Waals surface area contributed by atoms with Gasteiger partial charge >= 0.3 is 0 Å². The molecule has 80 valence electrons. The van der Waals surface area contributed by atoms with Crippen molar-refractivity contribution in [3.8, 4) is 0 Å². The number of carbonyl (C=O) groups excluding carboxylic acids is 1. The maximum absolute atomic E-state index is 10.9. The third kappa shape index (κ3) is 2.98. The molecule has 15 heavy (non-hydrogen) atoms. The van der Waals surface area contributed by atoms with Crippen LogP contribution in [0.1, 0.15) is 5.56 Å². The smallest absolute Gasteiger partial charge is 0.152 e. The van der Waals surface area contributed by atoms with Crippen molar-refractivity contribution in [3.05, 3.63) is 40.0 Å². The van der Waals surface area contributed by atoms with Crippen molar-refractivity contribution < 1.29 is 4.79 Å².